The number of aryl methyl sites for hydroxylation is 3. The Hall–Kier alpha value is -4.78. The number of anilines is 3. The van der Waals surface area contributed by atoms with Crippen LogP contribution in [-0.2, 0) is 16.7 Å². The molecule has 5 aromatic carbocycles. The highest BCUT2D eigenvalue weighted by atomic mass is 32.2. The van der Waals surface area contributed by atoms with Crippen molar-refractivity contribution in [3.05, 3.63) is 144 Å². The van der Waals surface area contributed by atoms with Gasteiger partial charge in [0, 0.05) is 35.6 Å². The van der Waals surface area contributed by atoms with Gasteiger partial charge in [-0.25, -0.2) is 4.57 Å². The van der Waals surface area contributed by atoms with Crippen LogP contribution in [0.15, 0.2) is 122 Å². The molecule has 6 rings (SSSR count). The quantitative estimate of drug-likeness (QED) is 0.102. The van der Waals surface area contributed by atoms with Crippen LogP contribution in [0.4, 0.5) is 17.1 Å². The molecule has 0 saturated heterocycles. The molecule has 0 aliphatic carbocycles. The Morgan fingerprint density at radius 1 is 0.682 bits per heavy atom. The van der Waals surface area contributed by atoms with E-state index in [1.165, 1.54) is 32.7 Å². The van der Waals surface area contributed by atoms with Gasteiger partial charge in [0.1, 0.15) is 6.54 Å². The molecule has 0 aliphatic heterocycles. The average molecular weight is 600 g/mol. The summed E-state index contributed by atoms with van der Waals surface area (Å²) in [5, 5.41) is 4.75. The summed E-state index contributed by atoms with van der Waals surface area (Å²) in [7, 11) is -3.94. The van der Waals surface area contributed by atoms with Gasteiger partial charge in [-0.3, -0.25) is 4.55 Å². The highest BCUT2D eigenvalue weighted by Crippen LogP contribution is 2.39. The van der Waals surface area contributed by atoms with Gasteiger partial charge < -0.3 is 4.90 Å². The first-order chi connectivity index (χ1) is 21.2. The van der Waals surface area contributed by atoms with Crippen LogP contribution in [0.1, 0.15) is 28.7 Å². The van der Waals surface area contributed by atoms with E-state index < -0.39 is 10.1 Å². The summed E-state index contributed by atoms with van der Waals surface area (Å²) in [6, 6.07) is 38.8. The molecule has 1 N–H and O–H groups in total. The zero-order valence-corrected chi connectivity index (χ0v) is 25.7. The molecule has 0 saturated carbocycles. The lowest BCUT2D eigenvalue weighted by molar-refractivity contribution is -0.696. The molecular formula is C38H35N2O3S+. The van der Waals surface area contributed by atoms with Crippen molar-refractivity contribution in [1.82, 2.24) is 0 Å². The predicted molar refractivity (Wildman–Crippen MR) is 182 cm³/mol. The summed E-state index contributed by atoms with van der Waals surface area (Å²) in [5.74, 6) is -0.242. The molecule has 0 bridgehead atoms. The van der Waals surface area contributed by atoms with Crippen molar-refractivity contribution in [1.29, 1.82) is 0 Å². The molecular weight excluding hydrogens is 564 g/mol. The highest BCUT2D eigenvalue weighted by Gasteiger charge is 2.15. The summed E-state index contributed by atoms with van der Waals surface area (Å²) in [6.07, 6.45) is 8.47. The lowest BCUT2D eigenvalue weighted by Gasteiger charge is -2.26. The fourth-order valence-electron chi connectivity index (χ4n) is 5.72. The zero-order chi connectivity index (χ0) is 30.7. The first-order valence-electron chi connectivity index (χ1n) is 14.7. The number of rotatable bonds is 9. The second-order valence-electron chi connectivity index (χ2n) is 11.3. The maximum atomic E-state index is 11.0. The molecule has 0 unspecified atom stereocenters. The minimum absolute atomic E-state index is 0.242. The topological polar surface area (TPSA) is 61.5 Å². The second kappa shape index (κ2) is 12.4. The van der Waals surface area contributed by atoms with E-state index in [9.17, 15) is 8.42 Å². The van der Waals surface area contributed by atoms with Crippen molar-refractivity contribution in [2.24, 2.45) is 0 Å². The van der Waals surface area contributed by atoms with Gasteiger partial charge in [-0.05, 0) is 100 Å². The molecule has 0 atom stereocenters. The first kappa shape index (κ1) is 29.3. The van der Waals surface area contributed by atoms with Crippen molar-refractivity contribution in [2.45, 2.75) is 26.8 Å². The lowest BCUT2D eigenvalue weighted by atomic mass is 9.96. The van der Waals surface area contributed by atoms with Crippen LogP contribution in [-0.4, -0.2) is 18.7 Å². The fourth-order valence-corrected chi connectivity index (χ4v) is 6.22. The number of pyridine rings is 1. The monoisotopic (exact) mass is 599 g/mol. The van der Waals surface area contributed by atoms with Crippen molar-refractivity contribution in [3.63, 3.8) is 0 Å². The highest BCUT2D eigenvalue weighted by molar-refractivity contribution is 7.85. The van der Waals surface area contributed by atoms with E-state index in [1.54, 1.807) is 0 Å². The van der Waals surface area contributed by atoms with Crippen LogP contribution in [0.25, 0.3) is 33.7 Å². The number of nitrogens with zero attached hydrogens (tertiary/aromatic N) is 2. The van der Waals surface area contributed by atoms with Gasteiger partial charge in [0.15, 0.2) is 12.4 Å². The van der Waals surface area contributed by atoms with E-state index in [0.717, 1.165) is 28.2 Å². The Labute approximate surface area is 259 Å². The third-order valence-corrected chi connectivity index (χ3v) is 8.65. The molecule has 0 aliphatic rings. The maximum Gasteiger partial charge on any atom is 0.265 e. The smallest absolute Gasteiger partial charge is 0.265 e. The fraction of sp³-hybridized carbons (Fsp3) is 0.132. The van der Waals surface area contributed by atoms with Crippen LogP contribution >= 0.6 is 0 Å². The number of aromatic nitrogens is 1. The third kappa shape index (κ3) is 6.72. The van der Waals surface area contributed by atoms with Crippen molar-refractivity contribution in [3.8, 4) is 0 Å². The maximum absolute atomic E-state index is 11.0. The van der Waals surface area contributed by atoms with Gasteiger partial charge >= 0.3 is 0 Å². The summed E-state index contributed by atoms with van der Waals surface area (Å²) < 4.78 is 32.9. The third-order valence-electron chi connectivity index (χ3n) is 7.84. The van der Waals surface area contributed by atoms with Gasteiger partial charge in [-0.15, -0.1) is 0 Å². The molecule has 0 spiro atoms. The molecule has 6 aromatic rings. The standard InChI is InChI=1S/C38H34N2O3S/c1-28-8-5-10-33(24-28)40(34-11-6-9-29(2)25-34)35-17-16-32-26-31(36-12-3-4-13-37(36)38(32)27-35)15-14-30-18-21-39(22-19-30)20-7-23-44(41,42)43/h3-6,8-19,21-22,24-27H,7,20,23H2,1-2H3/p+1. The number of benzene rings is 5. The number of hydrogen-bond acceptors (Lipinski definition) is 3. The van der Waals surface area contributed by atoms with E-state index in [4.69, 9.17) is 4.55 Å². The zero-order valence-electron chi connectivity index (χ0n) is 24.9. The molecule has 6 heteroatoms. The SMILES string of the molecule is Cc1cccc(N(c2cccc(C)c2)c2ccc3cc(/C=C/c4cc[n+](CCCS(=O)(=O)O)cc4)c4ccccc4c3c2)c1. The molecule has 0 radical (unpaired) electrons. The molecule has 44 heavy (non-hydrogen) atoms. The van der Waals surface area contributed by atoms with E-state index in [0.29, 0.717) is 13.0 Å². The van der Waals surface area contributed by atoms with Gasteiger partial charge in [-0.2, -0.15) is 8.42 Å². The van der Waals surface area contributed by atoms with Crippen molar-refractivity contribution < 1.29 is 17.5 Å². The Balaban J connectivity index is 1.36. The number of fused-ring (bicyclic) bond motifs is 3. The molecule has 1 aromatic heterocycles. The van der Waals surface area contributed by atoms with Gasteiger partial charge in [0.25, 0.3) is 10.1 Å². The molecule has 1 heterocycles. The van der Waals surface area contributed by atoms with Crippen LogP contribution in [0, 0.1) is 13.8 Å². The Morgan fingerprint density at radius 3 is 1.95 bits per heavy atom. The Kier molecular flexibility index (Phi) is 8.29. The minimum Gasteiger partial charge on any atom is -0.310 e. The van der Waals surface area contributed by atoms with Crippen LogP contribution in [0.3, 0.4) is 0 Å². The number of hydrogen-bond donors (Lipinski definition) is 1. The summed E-state index contributed by atoms with van der Waals surface area (Å²) in [6.45, 7) is 4.77. The van der Waals surface area contributed by atoms with Crippen LogP contribution in [0.2, 0.25) is 0 Å². The largest absolute Gasteiger partial charge is 0.310 e. The normalized spacial score (nSPS) is 11.9. The molecule has 0 fully saturated rings. The van der Waals surface area contributed by atoms with Crippen LogP contribution in [0.5, 0.6) is 0 Å². The predicted octanol–water partition coefficient (Wildman–Crippen LogP) is 8.82. The van der Waals surface area contributed by atoms with Gasteiger partial charge in [-0.1, -0.05) is 66.7 Å². The van der Waals surface area contributed by atoms with Crippen molar-refractivity contribution in [2.75, 3.05) is 10.7 Å². The Morgan fingerprint density at radius 2 is 1.32 bits per heavy atom. The summed E-state index contributed by atoms with van der Waals surface area (Å²) in [5.41, 5.74) is 7.98. The molecule has 0 amide bonds. The lowest BCUT2D eigenvalue weighted by Crippen LogP contribution is -2.33. The van der Waals surface area contributed by atoms with E-state index in [-0.39, 0.29) is 5.75 Å². The van der Waals surface area contributed by atoms with E-state index in [2.05, 4.69) is 128 Å². The van der Waals surface area contributed by atoms with Gasteiger partial charge in [0.2, 0.25) is 0 Å². The van der Waals surface area contributed by atoms with Crippen LogP contribution < -0.4 is 9.47 Å². The first-order valence-corrected chi connectivity index (χ1v) is 16.4. The second-order valence-corrected chi connectivity index (χ2v) is 12.8. The Bertz CT molecular complexity index is 2060. The van der Waals surface area contributed by atoms with E-state index >= 15 is 0 Å². The van der Waals surface area contributed by atoms with Gasteiger partial charge in [0.05, 0.1) is 5.75 Å². The molecule has 220 valence electrons. The average Bonchev–Trinajstić information content (AvgIpc) is 3.00. The van der Waals surface area contributed by atoms with Crippen molar-refractivity contribution >= 4 is 60.9 Å². The van der Waals surface area contributed by atoms with E-state index in [1.807, 2.05) is 29.1 Å². The summed E-state index contributed by atoms with van der Waals surface area (Å²) >= 11 is 0. The minimum atomic E-state index is -3.94. The summed E-state index contributed by atoms with van der Waals surface area (Å²) in [4.78, 5) is 2.33. The molecule has 5 nitrogen and oxygen atoms in total.